The van der Waals surface area contributed by atoms with Gasteiger partial charge in [-0.25, -0.2) is 0 Å². The highest BCUT2D eigenvalue weighted by Crippen LogP contribution is 2.38. The minimum atomic E-state index is 0.475. The first-order valence-electron chi connectivity index (χ1n) is 5.21. The molecule has 0 aromatic heterocycles. The molecule has 0 aliphatic heterocycles. The summed E-state index contributed by atoms with van der Waals surface area (Å²) in [6.07, 6.45) is 0. The van der Waals surface area contributed by atoms with Gasteiger partial charge in [0.15, 0.2) is 0 Å². The molecule has 0 saturated carbocycles. The summed E-state index contributed by atoms with van der Waals surface area (Å²) in [5.74, 6) is 0. The molecule has 0 heterocycles. The first-order valence-corrected chi connectivity index (χ1v) is 7.16. The highest BCUT2D eigenvalue weighted by atomic mass is 35.5. The van der Waals surface area contributed by atoms with Crippen LogP contribution in [-0.2, 0) is 6.54 Å². The third kappa shape index (κ3) is 3.34. The van der Waals surface area contributed by atoms with Crippen LogP contribution in [0.25, 0.3) is 0 Å². The summed E-state index contributed by atoms with van der Waals surface area (Å²) in [5.41, 5.74) is 6.56. The summed E-state index contributed by atoms with van der Waals surface area (Å²) < 4.78 is 0. The summed E-state index contributed by atoms with van der Waals surface area (Å²) in [7, 11) is 0. The second-order valence-electron chi connectivity index (χ2n) is 3.65. The predicted octanol–water partition coefficient (Wildman–Crippen LogP) is 5.26. The van der Waals surface area contributed by atoms with Crippen molar-refractivity contribution >= 4 is 46.6 Å². The Morgan fingerprint density at radius 1 is 0.889 bits per heavy atom. The molecule has 0 atom stereocenters. The fraction of sp³-hybridized carbons (Fsp3) is 0.0769. The molecule has 1 nitrogen and oxygen atoms in total. The van der Waals surface area contributed by atoms with Gasteiger partial charge in [-0.15, -0.1) is 0 Å². The van der Waals surface area contributed by atoms with Gasteiger partial charge in [0.2, 0.25) is 0 Å². The van der Waals surface area contributed by atoms with Crippen LogP contribution in [0.3, 0.4) is 0 Å². The van der Waals surface area contributed by atoms with E-state index in [2.05, 4.69) is 0 Å². The maximum atomic E-state index is 6.20. The van der Waals surface area contributed by atoms with Crippen molar-refractivity contribution < 1.29 is 0 Å². The lowest BCUT2D eigenvalue weighted by molar-refractivity contribution is 1.07. The van der Waals surface area contributed by atoms with Gasteiger partial charge in [-0.1, -0.05) is 52.6 Å². The average Bonchev–Trinajstić information content (AvgIpc) is 2.36. The van der Waals surface area contributed by atoms with Gasteiger partial charge in [0.25, 0.3) is 0 Å². The maximum absolute atomic E-state index is 6.20. The van der Waals surface area contributed by atoms with Crippen LogP contribution in [0.4, 0.5) is 0 Å². The average molecular weight is 319 g/mol. The standard InChI is InChI=1S/C13H10Cl3NS/c14-9-2-3-10(15)13(6-9)18-12-4-1-8(7-17)5-11(12)16/h1-6H,7,17H2. The van der Waals surface area contributed by atoms with Gasteiger partial charge < -0.3 is 5.73 Å². The number of benzene rings is 2. The summed E-state index contributed by atoms with van der Waals surface area (Å²) >= 11 is 19.7. The smallest absolute Gasteiger partial charge is 0.0548 e. The van der Waals surface area contributed by atoms with Gasteiger partial charge in [0.05, 0.1) is 10.0 Å². The van der Waals surface area contributed by atoms with Crippen LogP contribution in [0.2, 0.25) is 15.1 Å². The van der Waals surface area contributed by atoms with Crippen molar-refractivity contribution in [3.8, 4) is 0 Å². The van der Waals surface area contributed by atoms with Crippen molar-refractivity contribution in [1.29, 1.82) is 0 Å². The Morgan fingerprint density at radius 2 is 1.67 bits per heavy atom. The second-order valence-corrected chi connectivity index (χ2v) is 5.98. The molecule has 0 spiro atoms. The largest absolute Gasteiger partial charge is 0.326 e. The quantitative estimate of drug-likeness (QED) is 0.835. The maximum Gasteiger partial charge on any atom is 0.0548 e. The van der Waals surface area contributed by atoms with Crippen LogP contribution in [-0.4, -0.2) is 0 Å². The molecule has 5 heteroatoms. The molecule has 2 aromatic rings. The molecule has 0 aliphatic rings. The Kier molecular flexibility index (Phi) is 4.82. The lowest BCUT2D eigenvalue weighted by Gasteiger charge is -2.07. The van der Waals surface area contributed by atoms with E-state index in [4.69, 9.17) is 40.5 Å². The fourth-order valence-electron chi connectivity index (χ4n) is 1.43. The molecule has 0 aliphatic carbocycles. The Bertz CT molecular complexity index is 572. The third-order valence-corrected chi connectivity index (χ3v) is 4.58. The van der Waals surface area contributed by atoms with Gasteiger partial charge >= 0.3 is 0 Å². The highest BCUT2D eigenvalue weighted by Gasteiger charge is 2.07. The van der Waals surface area contributed by atoms with Crippen LogP contribution in [0, 0.1) is 0 Å². The number of nitrogens with two attached hydrogens (primary N) is 1. The first kappa shape index (κ1) is 14.0. The molecular formula is C13H10Cl3NS. The molecular weight excluding hydrogens is 309 g/mol. The zero-order valence-electron chi connectivity index (χ0n) is 9.29. The molecule has 2 aromatic carbocycles. The molecule has 0 radical (unpaired) electrons. The summed E-state index contributed by atoms with van der Waals surface area (Å²) in [4.78, 5) is 1.81. The van der Waals surface area contributed by atoms with Crippen LogP contribution >= 0.6 is 46.6 Å². The van der Waals surface area contributed by atoms with Crippen molar-refractivity contribution in [3.63, 3.8) is 0 Å². The zero-order chi connectivity index (χ0) is 13.1. The third-order valence-electron chi connectivity index (χ3n) is 2.35. The minimum absolute atomic E-state index is 0.475. The molecule has 0 amide bonds. The Labute approximate surface area is 125 Å². The minimum Gasteiger partial charge on any atom is -0.326 e. The monoisotopic (exact) mass is 317 g/mol. The van der Waals surface area contributed by atoms with Crippen molar-refractivity contribution in [2.45, 2.75) is 16.3 Å². The van der Waals surface area contributed by atoms with E-state index in [0.717, 1.165) is 15.4 Å². The van der Waals surface area contributed by atoms with Crippen molar-refractivity contribution in [2.75, 3.05) is 0 Å². The first-order chi connectivity index (χ1) is 8.60. The zero-order valence-corrected chi connectivity index (χ0v) is 12.4. The lowest BCUT2D eigenvalue weighted by atomic mass is 10.2. The van der Waals surface area contributed by atoms with Crippen LogP contribution in [0.5, 0.6) is 0 Å². The molecule has 0 saturated heterocycles. The van der Waals surface area contributed by atoms with Crippen molar-refractivity contribution in [3.05, 3.63) is 57.0 Å². The number of halogens is 3. The summed E-state index contributed by atoms with van der Waals surface area (Å²) in [6.45, 7) is 0.475. The van der Waals surface area contributed by atoms with Gasteiger partial charge in [-0.3, -0.25) is 0 Å². The molecule has 18 heavy (non-hydrogen) atoms. The van der Waals surface area contributed by atoms with Gasteiger partial charge in [0.1, 0.15) is 0 Å². The van der Waals surface area contributed by atoms with E-state index in [9.17, 15) is 0 Å². The SMILES string of the molecule is NCc1ccc(Sc2cc(Cl)ccc2Cl)c(Cl)c1. The number of hydrogen-bond acceptors (Lipinski definition) is 2. The van der Waals surface area contributed by atoms with E-state index in [-0.39, 0.29) is 0 Å². The molecule has 94 valence electrons. The second kappa shape index (κ2) is 6.18. The highest BCUT2D eigenvalue weighted by molar-refractivity contribution is 7.99. The van der Waals surface area contributed by atoms with Gasteiger partial charge in [0, 0.05) is 21.4 Å². The van der Waals surface area contributed by atoms with E-state index in [1.807, 2.05) is 24.3 Å². The number of rotatable bonds is 3. The Hall–Kier alpha value is -0.380. The van der Waals surface area contributed by atoms with Crippen molar-refractivity contribution in [2.24, 2.45) is 5.73 Å². The topological polar surface area (TPSA) is 26.0 Å². The Balaban J connectivity index is 2.31. The van der Waals surface area contributed by atoms with Gasteiger partial charge in [-0.05, 0) is 35.9 Å². The van der Waals surface area contributed by atoms with Gasteiger partial charge in [-0.2, -0.15) is 0 Å². The molecule has 0 fully saturated rings. The molecule has 2 N–H and O–H groups in total. The summed E-state index contributed by atoms with van der Waals surface area (Å²) in [6, 6.07) is 11.1. The van der Waals surface area contributed by atoms with E-state index in [1.54, 1.807) is 12.1 Å². The van der Waals surface area contributed by atoms with Crippen molar-refractivity contribution in [1.82, 2.24) is 0 Å². The van der Waals surface area contributed by atoms with Crippen LogP contribution in [0.15, 0.2) is 46.2 Å². The van der Waals surface area contributed by atoms with E-state index < -0.39 is 0 Å². The normalized spacial score (nSPS) is 10.7. The predicted molar refractivity (Wildman–Crippen MR) is 79.9 cm³/mol. The van der Waals surface area contributed by atoms with Crippen LogP contribution in [0.1, 0.15) is 5.56 Å². The molecule has 0 bridgehead atoms. The Morgan fingerprint density at radius 3 is 2.33 bits per heavy atom. The number of hydrogen-bond donors (Lipinski definition) is 1. The van der Waals surface area contributed by atoms with E-state index in [0.29, 0.717) is 21.6 Å². The van der Waals surface area contributed by atoms with E-state index in [1.165, 1.54) is 11.8 Å². The molecule has 2 rings (SSSR count). The van der Waals surface area contributed by atoms with E-state index >= 15 is 0 Å². The molecule has 0 unspecified atom stereocenters. The summed E-state index contributed by atoms with van der Waals surface area (Å²) in [5, 5.41) is 1.97. The lowest BCUT2D eigenvalue weighted by Crippen LogP contribution is -1.95. The van der Waals surface area contributed by atoms with Crippen LogP contribution < -0.4 is 5.73 Å². The fourth-order valence-corrected chi connectivity index (χ4v) is 3.10.